The van der Waals surface area contributed by atoms with Crippen LogP contribution in [0.2, 0.25) is 0 Å². The molecule has 0 aliphatic carbocycles. The average molecular weight is 234 g/mol. The Morgan fingerprint density at radius 3 is 2.06 bits per heavy atom. The number of ether oxygens (including phenoxy) is 2. The Morgan fingerprint density at radius 1 is 1.00 bits per heavy atom. The van der Waals surface area contributed by atoms with Crippen molar-refractivity contribution in [1.29, 1.82) is 0 Å². The maximum absolute atomic E-state index is 5.30. The quantitative estimate of drug-likeness (QED) is 0.478. The second kappa shape index (κ2) is 8.01. The highest BCUT2D eigenvalue weighted by Gasteiger charge is 2.15. The Morgan fingerprint density at radius 2 is 1.62 bits per heavy atom. The third-order valence-corrected chi connectivity index (χ3v) is 2.19. The van der Waals surface area contributed by atoms with Crippen LogP contribution >= 0.6 is 0 Å². The van der Waals surface area contributed by atoms with Gasteiger partial charge in [0.05, 0.1) is 17.8 Å². The van der Waals surface area contributed by atoms with Gasteiger partial charge in [0.1, 0.15) is 6.61 Å². The molecule has 0 saturated heterocycles. The molecule has 16 heavy (non-hydrogen) atoms. The predicted octanol–water partition coefficient (Wildman–Crippen LogP) is 2.56. The standard InChI is InChI=1S/C12H26O4/c1-10(13-5)7-8-11(14-6)9-15-16-12(2,3)4/h10-11H,7-9H2,1-6H3. The van der Waals surface area contributed by atoms with Crippen LogP contribution in [0.4, 0.5) is 0 Å². The molecule has 0 aromatic heterocycles. The van der Waals surface area contributed by atoms with Gasteiger partial charge >= 0.3 is 0 Å². The molecular weight excluding hydrogens is 208 g/mol. The summed E-state index contributed by atoms with van der Waals surface area (Å²) in [5.74, 6) is 0. The number of methoxy groups -OCH3 is 2. The molecule has 0 amide bonds. The fraction of sp³-hybridized carbons (Fsp3) is 1.00. The van der Waals surface area contributed by atoms with Crippen LogP contribution in [0, 0.1) is 0 Å². The molecule has 4 heteroatoms. The van der Waals surface area contributed by atoms with Crippen molar-refractivity contribution in [2.24, 2.45) is 0 Å². The highest BCUT2D eigenvalue weighted by molar-refractivity contribution is 4.60. The summed E-state index contributed by atoms with van der Waals surface area (Å²) in [6.07, 6.45) is 2.16. The smallest absolute Gasteiger partial charge is 0.108 e. The van der Waals surface area contributed by atoms with Crippen molar-refractivity contribution in [2.75, 3.05) is 20.8 Å². The van der Waals surface area contributed by atoms with Crippen molar-refractivity contribution in [3.63, 3.8) is 0 Å². The van der Waals surface area contributed by atoms with E-state index in [1.54, 1.807) is 14.2 Å². The van der Waals surface area contributed by atoms with Gasteiger partial charge in [0.2, 0.25) is 0 Å². The van der Waals surface area contributed by atoms with Gasteiger partial charge in [-0.1, -0.05) is 0 Å². The van der Waals surface area contributed by atoms with Crippen LogP contribution in [-0.2, 0) is 19.2 Å². The molecule has 0 aliphatic rings. The van der Waals surface area contributed by atoms with Crippen molar-refractivity contribution >= 4 is 0 Å². The number of hydrogen-bond acceptors (Lipinski definition) is 4. The van der Waals surface area contributed by atoms with Crippen molar-refractivity contribution in [3.05, 3.63) is 0 Å². The molecule has 0 radical (unpaired) electrons. The van der Waals surface area contributed by atoms with E-state index in [1.165, 1.54) is 0 Å². The minimum atomic E-state index is -0.280. The Bertz CT molecular complexity index is 165. The van der Waals surface area contributed by atoms with E-state index in [1.807, 2.05) is 27.7 Å². The van der Waals surface area contributed by atoms with E-state index in [2.05, 4.69) is 0 Å². The van der Waals surface area contributed by atoms with Gasteiger partial charge in [0.25, 0.3) is 0 Å². The molecule has 0 aromatic carbocycles. The first-order valence-electron chi connectivity index (χ1n) is 5.75. The zero-order chi connectivity index (χ0) is 12.6. The van der Waals surface area contributed by atoms with Gasteiger partial charge in [0, 0.05) is 14.2 Å². The molecule has 0 bridgehead atoms. The molecule has 0 heterocycles. The maximum atomic E-state index is 5.30. The van der Waals surface area contributed by atoms with Gasteiger partial charge in [-0.3, -0.25) is 0 Å². The summed E-state index contributed by atoms with van der Waals surface area (Å²) in [4.78, 5) is 10.3. The lowest BCUT2D eigenvalue weighted by atomic mass is 10.1. The van der Waals surface area contributed by atoms with E-state index in [-0.39, 0.29) is 17.8 Å². The van der Waals surface area contributed by atoms with Gasteiger partial charge in [-0.05, 0) is 40.5 Å². The number of hydrogen-bond donors (Lipinski definition) is 0. The lowest BCUT2D eigenvalue weighted by molar-refractivity contribution is -0.357. The molecular formula is C12H26O4. The summed E-state index contributed by atoms with van der Waals surface area (Å²) in [6, 6.07) is 0. The molecule has 0 aromatic rings. The van der Waals surface area contributed by atoms with Crippen molar-refractivity contribution in [3.8, 4) is 0 Å². The highest BCUT2D eigenvalue weighted by Crippen LogP contribution is 2.11. The fourth-order valence-electron chi connectivity index (χ4n) is 1.09. The summed E-state index contributed by atoms with van der Waals surface area (Å²) >= 11 is 0. The molecule has 4 nitrogen and oxygen atoms in total. The van der Waals surface area contributed by atoms with E-state index in [9.17, 15) is 0 Å². The monoisotopic (exact) mass is 234 g/mol. The summed E-state index contributed by atoms with van der Waals surface area (Å²) in [7, 11) is 3.40. The van der Waals surface area contributed by atoms with Gasteiger partial charge in [-0.15, -0.1) is 0 Å². The second-order valence-corrected chi connectivity index (χ2v) is 4.96. The van der Waals surface area contributed by atoms with Gasteiger partial charge in [-0.2, -0.15) is 0 Å². The zero-order valence-electron chi connectivity index (χ0n) is 11.4. The molecule has 0 saturated carbocycles. The Kier molecular flexibility index (Phi) is 7.93. The third kappa shape index (κ3) is 9.09. The van der Waals surface area contributed by atoms with Crippen LogP contribution in [0.15, 0.2) is 0 Å². The largest absolute Gasteiger partial charge is 0.382 e. The minimum absolute atomic E-state index is 0.0555. The molecule has 2 atom stereocenters. The molecule has 0 rings (SSSR count). The van der Waals surface area contributed by atoms with Crippen LogP contribution in [0.25, 0.3) is 0 Å². The van der Waals surface area contributed by atoms with E-state index in [0.29, 0.717) is 6.61 Å². The molecule has 0 aliphatic heterocycles. The summed E-state index contributed by atoms with van der Waals surface area (Å²) in [6.45, 7) is 8.33. The van der Waals surface area contributed by atoms with Gasteiger partial charge < -0.3 is 9.47 Å². The molecule has 0 N–H and O–H groups in total. The molecule has 0 fully saturated rings. The minimum Gasteiger partial charge on any atom is -0.382 e. The number of rotatable bonds is 8. The second-order valence-electron chi connectivity index (χ2n) is 4.96. The Labute approximate surface area is 99.1 Å². The van der Waals surface area contributed by atoms with E-state index >= 15 is 0 Å². The lowest BCUT2D eigenvalue weighted by Gasteiger charge is -2.21. The molecule has 0 spiro atoms. The zero-order valence-corrected chi connectivity index (χ0v) is 11.4. The van der Waals surface area contributed by atoms with Gasteiger partial charge in [-0.25, -0.2) is 9.78 Å². The Balaban J connectivity index is 3.67. The SMILES string of the molecule is COC(C)CCC(COOC(C)(C)C)OC. The van der Waals surface area contributed by atoms with Crippen LogP contribution in [-0.4, -0.2) is 38.6 Å². The maximum Gasteiger partial charge on any atom is 0.108 e. The topological polar surface area (TPSA) is 36.9 Å². The lowest BCUT2D eigenvalue weighted by Crippen LogP contribution is -2.25. The van der Waals surface area contributed by atoms with Crippen LogP contribution in [0.3, 0.4) is 0 Å². The van der Waals surface area contributed by atoms with Crippen molar-refractivity contribution < 1.29 is 19.2 Å². The van der Waals surface area contributed by atoms with E-state index in [0.717, 1.165) is 12.8 Å². The average Bonchev–Trinajstić information content (AvgIpc) is 2.20. The molecule has 98 valence electrons. The van der Waals surface area contributed by atoms with Crippen LogP contribution < -0.4 is 0 Å². The van der Waals surface area contributed by atoms with Crippen LogP contribution in [0.1, 0.15) is 40.5 Å². The third-order valence-electron chi connectivity index (χ3n) is 2.19. The van der Waals surface area contributed by atoms with E-state index < -0.39 is 0 Å². The van der Waals surface area contributed by atoms with Crippen molar-refractivity contribution in [1.82, 2.24) is 0 Å². The summed E-state index contributed by atoms with van der Waals surface area (Å²) in [5.41, 5.74) is -0.280. The summed E-state index contributed by atoms with van der Waals surface area (Å²) in [5, 5.41) is 0. The van der Waals surface area contributed by atoms with E-state index in [4.69, 9.17) is 19.2 Å². The first-order chi connectivity index (χ1) is 7.39. The molecule has 2 unspecified atom stereocenters. The summed E-state index contributed by atoms with van der Waals surface area (Å²) < 4.78 is 10.5. The first kappa shape index (κ1) is 15.8. The normalized spacial score (nSPS) is 16.1. The van der Waals surface area contributed by atoms with Crippen molar-refractivity contribution in [2.45, 2.75) is 58.3 Å². The first-order valence-corrected chi connectivity index (χ1v) is 5.75. The Hall–Kier alpha value is -0.160. The predicted molar refractivity (Wildman–Crippen MR) is 63.3 cm³/mol. The van der Waals surface area contributed by atoms with Gasteiger partial charge in [0.15, 0.2) is 0 Å². The van der Waals surface area contributed by atoms with Crippen LogP contribution in [0.5, 0.6) is 0 Å². The highest BCUT2D eigenvalue weighted by atomic mass is 17.2. The fourth-order valence-corrected chi connectivity index (χ4v) is 1.09.